The molecule has 0 unspecified atom stereocenters. The quantitative estimate of drug-likeness (QED) is 0.835. The van der Waals surface area contributed by atoms with Crippen LogP contribution in [-0.4, -0.2) is 32.9 Å². The minimum Gasteiger partial charge on any atom is -0.493 e. The van der Waals surface area contributed by atoms with Crippen LogP contribution in [0.3, 0.4) is 0 Å². The third kappa shape index (κ3) is 2.85. The topological polar surface area (TPSA) is 38.8 Å². The summed E-state index contributed by atoms with van der Waals surface area (Å²) >= 11 is 3.98. The molecule has 94 valence electrons. The van der Waals surface area contributed by atoms with Crippen LogP contribution >= 0.6 is 12.6 Å². The van der Waals surface area contributed by atoms with Crippen molar-refractivity contribution in [2.24, 2.45) is 0 Å². The highest BCUT2D eigenvalue weighted by Gasteiger charge is 2.15. The van der Waals surface area contributed by atoms with Gasteiger partial charge < -0.3 is 14.4 Å². The Bertz CT molecular complexity index is 420. The molecular formula is C12H17NO3S. The highest BCUT2D eigenvalue weighted by molar-refractivity contribution is 7.81. The standard InChI is InChI=1S/C12H17NO3S/c1-8-5-10(15-3)11(16-4)6-9(8)13(2)12(14)7-17/h5-6,17H,7H2,1-4H3. The summed E-state index contributed by atoms with van der Waals surface area (Å²) < 4.78 is 10.4. The van der Waals surface area contributed by atoms with Crippen LogP contribution in [0.1, 0.15) is 5.56 Å². The van der Waals surface area contributed by atoms with E-state index in [1.807, 2.05) is 13.0 Å². The number of benzene rings is 1. The molecule has 1 aromatic rings. The molecule has 4 nitrogen and oxygen atoms in total. The molecule has 0 aliphatic heterocycles. The number of carbonyl (C=O) groups is 1. The molecule has 0 spiro atoms. The van der Waals surface area contributed by atoms with Gasteiger partial charge in [-0.05, 0) is 18.6 Å². The number of aryl methyl sites for hydroxylation is 1. The summed E-state index contributed by atoms with van der Waals surface area (Å²) in [5.74, 6) is 1.36. The van der Waals surface area contributed by atoms with Gasteiger partial charge in [-0.2, -0.15) is 12.6 Å². The molecular weight excluding hydrogens is 238 g/mol. The smallest absolute Gasteiger partial charge is 0.236 e. The van der Waals surface area contributed by atoms with Crippen LogP contribution in [-0.2, 0) is 4.79 Å². The van der Waals surface area contributed by atoms with E-state index in [9.17, 15) is 4.79 Å². The normalized spacial score (nSPS) is 9.94. The van der Waals surface area contributed by atoms with Crippen LogP contribution in [0.15, 0.2) is 12.1 Å². The van der Waals surface area contributed by atoms with Crippen molar-refractivity contribution in [1.82, 2.24) is 0 Å². The first-order chi connectivity index (χ1) is 8.04. The fourth-order valence-electron chi connectivity index (χ4n) is 1.57. The predicted octanol–water partition coefficient (Wildman–Crippen LogP) is 1.90. The molecule has 1 amide bonds. The van der Waals surface area contributed by atoms with E-state index in [-0.39, 0.29) is 11.7 Å². The number of hydrogen-bond donors (Lipinski definition) is 1. The van der Waals surface area contributed by atoms with Gasteiger partial charge in [0.2, 0.25) is 5.91 Å². The Hall–Kier alpha value is -1.36. The van der Waals surface area contributed by atoms with E-state index in [2.05, 4.69) is 12.6 Å². The van der Waals surface area contributed by atoms with Gasteiger partial charge in [-0.3, -0.25) is 4.79 Å². The molecule has 0 heterocycles. The zero-order chi connectivity index (χ0) is 13.0. The molecule has 0 radical (unpaired) electrons. The lowest BCUT2D eigenvalue weighted by Crippen LogP contribution is -2.27. The molecule has 0 N–H and O–H groups in total. The van der Waals surface area contributed by atoms with Gasteiger partial charge in [0.1, 0.15) is 0 Å². The van der Waals surface area contributed by atoms with Crippen molar-refractivity contribution in [2.45, 2.75) is 6.92 Å². The van der Waals surface area contributed by atoms with Crippen molar-refractivity contribution >= 4 is 24.2 Å². The number of carbonyl (C=O) groups excluding carboxylic acids is 1. The van der Waals surface area contributed by atoms with Crippen LogP contribution in [0.4, 0.5) is 5.69 Å². The first kappa shape index (κ1) is 13.7. The van der Waals surface area contributed by atoms with E-state index in [4.69, 9.17) is 9.47 Å². The molecule has 0 bridgehead atoms. The third-order valence-corrected chi connectivity index (χ3v) is 2.84. The second-order valence-corrected chi connectivity index (χ2v) is 3.92. The van der Waals surface area contributed by atoms with Crippen molar-refractivity contribution in [3.8, 4) is 11.5 Å². The van der Waals surface area contributed by atoms with E-state index in [0.717, 1.165) is 11.3 Å². The van der Waals surface area contributed by atoms with Crippen LogP contribution in [0.5, 0.6) is 11.5 Å². The van der Waals surface area contributed by atoms with E-state index in [1.54, 1.807) is 32.2 Å². The van der Waals surface area contributed by atoms with E-state index < -0.39 is 0 Å². The fourth-order valence-corrected chi connectivity index (χ4v) is 1.78. The summed E-state index contributed by atoms with van der Waals surface area (Å²) in [5, 5.41) is 0. The molecule has 0 fully saturated rings. The van der Waals surface area contributed by atoms with Crippen LogP contribution < -0.4 is 14.4 Å². The van der Waals surface area contributed by atoms with Crippen molar-refractivity contribution < 1.29 is 14.3 Å². The number of methoxy groups -OCH3 is 2. The van der Waals surface area contributed by atoms with Gasteiger partial charge >= 0.3 is 0 Å². The van der Waals surface area contributed by atoms with Gasteiger partial charge in [0, 0.05) is 13.1 Å². The van der Waals surface area contributed by atoms with E-state index >= 15 is 0 Å². The molecule has 1 rings (SSSR count). The third-order valence-electron chi connectivity index (χ3n) is 2.57. The fraction of sp³-hybridized carbons (Fsp3) is 0.417. The number of amides is 1. The largest absolute Gasteiger partial charge is 0.493 e. The van der Waals surface area contributed by atoms with Gasteiger partial charge in [0.25, 0.3) is 0 Å². The molecule has 17 heavy (non-hydrogen) atoms. The maximum Gasteiger partial charge on any atom is 0.236 e. The Balaban J connectivity index is 3.21. The highest BCUT2D eigenvalue weighted by Crippen LogP contribution is 2.34. The second kappa shape index (κ2) is 5.82. The van der Waals surface area contributed by atoms with E-state index in [1.165, 1.54) is 0 Å². The molecule has 1 aromatic carbocycles. The van der Waals surface area contributed by atoms with Gasteiger partial charge in [-0.15, -0.1) is 0 Å². The monoisotopic (exact) mass is 255 g/mol. The Labute approximate surface area is 107 Å². The average Bonchev–Trinajstić information content (AvgIpc) is 2.36. The summed E-state index contributed by atoms with van der Waals surface area (Å²) in [5.41, 5.74) is 1.74. The lowest BCUT2D eigenvalue weighted by molar-refractivity contribution is -0.115. The van der Waals surface area contributed by atoms with Crippen LogP contribution in [0.25, 0.3) is 0 Å². The van der Waals surface area contributed by atoms with Gasteiger partial charge in [0.15, 0.2) is 11.5 Å². The maximum absolute atomic E-state index is 11.6. The van der Waals surface area contributed by atoms with E-state index in [0.29, 0.717) is 11.5 Å². The molecule has 0 saturated carbocycles. The number of hydrogen-bond acceptors (Lipinski definition) is 4. The summed E-state index contributed by atoms with van der Waals surface area (Å²) in [6.07, 6.45) is 0. The molecule has 0 saturated heterocycles. The Morgan fingerprint density at radius 1 is 1.29 bits per heavy atom. The van der Waals surface area contributed by atoms with Crippen molar-refractivity contribution in [3.63, 3.8) is 0 Å². The Morgan fingerprint density at radius 3 is 2.29 bits per heavy atom. The predicted molar refractivity (Wildman–Crippen MR) is 71.5 cm³/mol. The lowest BCUT2D eigenvalue weighted by Gasteiger charge is -2.20. The van der Waals surface area contributed by atoms with Crippen molar-refractivity contribution in [3.05, 3.63) is 17.7 Å². The minimum absolute atomic E-state index is 0.0661. The molecule has 5 heteroatoms. The first-order valence-corrected chi connectivity index (χ1v) is 5.78. The van der Waals surface area contributed by atoms with Crippen molar-refractivity contribution in [1.29, 1.82) is 0 Å². The Morgan fingerprint density at radius 2 is 1.82 bits per heavy atom. The average molecular weight is 255 g/mol. The SMILES string of the molecule is COc1cc(C)c(N(C)C(=O)CS)cc1OC. The number of rotatable bonds is 4. The molecule has 0 aliphatic carbocycles. The van der Waals surface area contributed by atoms with Crippen LogP contribution in [0, 0.1) is 6.92 Å². The minimum atomic E-state index is -0.0661. The second-order valence-electron chi connectivity index (χ2n) is 3.60. The zero-order valence-corrected chi connectivity index (χ0v) is 11.4. The molecule has 0 atom stereocenters. The van der Waals surface area contributed by atoms with Gasteiger partial charge in [0.05, 0.1) is 25.7 Å². The van der Waals surface area contributed by atoms with Crippen molar-refractivity contribution in [2.75, 3.05) is 31.9 Å². The van der Waals surface area contributed by atoms with Gasteiger partial charge in [-0.1, -0.05) is 0 Å². The lowest BCUT2D eigenvalue weighted by atomic mass is 10.1. The number of thiol groups is 1. The van der Waals surface area contributed by atoms with Crippen LogP contribution in [0.2, 0.25) is 0 Å². The van der Waals surface area contributed by atoms with Gasteiger partial charge in [-0.25, -0.2) is 0 Å². The summed E-state index contributed by atoms with van der Waals surface area (Å²) in [7, 11) is 4.86. The number of ether oxygens (including phenoxy) is 2. The Kier molecular flexibility index (Phi) is 4.69. The highest BCUT2D eigenvalue weighted by atomic mass is 32.1. The summed E-state index contributed by atoms with van der Waals surface area (Å²) in [6, 6.07) is 3.63. The molecule has 0 aliphatic rings. The first-order valence-electron chi connectivity index (χ1n) is 5.15. The maximum atomic E-state index is 11.6. The summed E-state index contributed by atoms with van der Waals surface area (Å²) in [6.45, 7) is 1.92. The zero-order valence-electron chi connectivity index (χ0n) is 10.5. The number of anilines is 1. The summed E-state index contributed by atoms with van der Waals surface area (Å²) in [4.78, 5) is 13.2. The number of nitrogens with zero attached hydrogens (tertiary/aromatic N) is 1. The molecule has 0 aromatic heterocycles.